The fraction of sp³-hybridized carbons (Fsp3) is 0.923. The molecule has 0 spiro atoms. The van der Waals surface area contributed by atoms with E-state index in [-0.39, 0.29) is 23.7 Å². The highest BCUT2D eigenvalue weighted by atomic mass is 35.5. The van der Waals surface area contributed by atoms with Crippen LogP contribution in [0.1, 0.15) is 47.0 Å². The molecule has 1 fully saturated rings. The van der Waals surface area contributed by atoms with E-state index in [1.807, 2.05) is 13.8 Å². The molecule has 0 bridgehead atoms. The van der Waals surface area contributed by atoms with Crippen LogP contribution < -0.4 is 10.6 Å². The lowest BCUT2D eigenvalue weighted by Crippen LogP contribution is -2.43. The minimum Gasteiger partial charge on any atom is -0.354 e. The van der Waals surface area contributed by atoms with Gasteiger partial charge in [0, 0.05) is 18.0 Å². The van der Waals surface area contributed by atoms with Gasteiger partial charge in [-0.2, -0.15) is 0 Å². The van der Waals surface area contributed by atoms with Crippen molar-refractivity contribution in [3.63, 3.8) is 0 Å². The molecular formula is C13H27ClN2O. The van der Waals surface area contributed by atoms with Gasteiger partial charge in [0.05, 0.1) is 0 Å². The summed E-state index contributed by atoms with van der Waals surface area (Å²) < 4.78 is 0. The summed E-state index contributed by atoms with van der Waals surface area (Å²) in [5, 5.41) is 6.46. The standard InChI is InChI=1S/C13H26N2O.ClH/c1-10(2)8-13(3,4)12(16)15-9-11-6-5-7-14-11;/h10-11,14H,5-9H2,1-4H3,(H,15,16);1H. The van der Waals surface area contributed by atoms with Crippen LogP contribution >= 0.6 is 12.4 Å². The summed E-state index contributed by atoms with van der Waals surface area (Å²) in [7, 11) is 0. The van der Waals surface area contributed by atoms with Crippen LogP contribution in [0.5, 0.6) is 0 Å². The fourth-order valence-corrected chi connectivity index (χ4v) is 2.50. The van der Waals surface area contributed by atoms with Gasteiger partial charge in [-0.25, -0.2) is 0 Å². The van der Waals surface area contributed by atoms with E-state index in [9.17, 15) is 4.79 Å². The Bertz CT molecular complexity index is 236. The summed E-state index contributed by atoms with van der Waals surface area (Å²) >= 11 is 0. The number of halogens is 1. The third kappa shape index (κ3) is 5.73. The van der Waals surface area contributed by atoms with Crippen LogP contribution in [0.3, 0.4) is 0 Å². The Balaban J connectivity index is 0.00000256. The van der Waals surface area contributed by atoms with Crippen molar-refractivity contribution in [1.29, 1.82) is 0 Å². The zero-order valence-corrected chi connectivity index (χ0v) is 12.3. The van der Waals surface area contributed by atoms with Crippen LogP contribution in [-0.4, -0.2) is 25.0 Å². The SMILES string of the molecule is CC(C)CC(C)(C)C(=O)NCC1CCCN1.Cl. The summed E-state index contributed by atoms with van der Waals surface area (Å²) in [6.45, 7) is 10.3. The van der Waals surface area contributed by atoms with Crippen LogP contribution in [0.15, 0.2) is 0 Å². The van der Waals surface area contributed by atoms with E-state index in [2.05, 4.69) is 24.5 Å². The molecule has 2 N–H and O–H groups in total. The first-order valence-electron chi connectivity index (χ1n) is 6.43. The average Bonchev–Trinajstić information content (AvgIpc) is 2.64. The largest absolute Gasteiger partial charge is 0.354 e. The predicted octanol–water partition coefficient (Wildman–Crippen LogP) is 2.35. The lowest BCUT2D eigenvalue weighted by Gasteiger charge is -2.26. The molecule has 1 unspecified atom stereocenters. The molecule has 3 nitrogen and oxygen atoms in total. The maximum Gasteiger partial charge on any atom is 0.225 e. The van der Waals surface area contributed by atoms with E-state index >= 15 is 0 Å². The Morgan fingerprint density at radius 1 is 1.47 bits per heavy atom. The quantitative estimate of drug-likeness (QED) is 0.799. The van der Waals surface area contributed by atoms with E-state index in [1.165, 1.54) is 12.8 Å². The van der Waals surface area contributed by atoms with Gasteiger partial charge in [-0.1, -0.05) is 27.7 Å². The second-order valence-electron chi connectivity index (χ2n) is 5.99. The first kappa shape index (κ1) is 16.7. The molecule has 1 aliphatic heterocycles. The molecule has 1 aliphatic rings. The maximum atomic E-state index is 12.0. The van der Waals surface area contributed by atoms with Gasteiger partial charge in [0.25, 0.3) is 0 Å². The smallest absolute Gasteiger partial charge is 0.225 e. The molecule has 0 aromatic rings. The number of hydrogen-bond acceptors (Lipinski definition) is 2. The van der Waals surface area contributed by atoms with Crippen molar-refractivity contribution in [1.82, 2.24) is 10.6 Å². The van der Waals surface area contributed by atoms with Crippen molar-refractivity contribution >= 4 is 18.3 Å². The van der Waals surface area contributed by atoms with Crippen molar-refractivity contribution in [2.75, 3.05) is 13.1 Å². The molecule has 1 saturated heterocycles. The summed E-state index contributed by atoms with van der Waals surface area (Å²) in [5.41, 5.74) is -0.243. The number of rotatable bonds is 5. The zero-order chi connectivity index (χ0) is 12.2. The number of carbonyl (C=O) groups excluding carboxylic acids is 1. The van der Waals surface area contributed by atoms with Crippen LogP contribution in [0, 0.1) is 11.3 Å². The molecule has 0 aromatic heterocycles. The maximum absolute atomic E-state index is 12.0. The third-order valence-corrected chi connectivity index (χ3v) is 3.20. The molecule has 1 heterocycles. The van der Waals surface area contributed by atoms with Gasteiger partial charge >= 0.3 is 0 Å². The van der Waals surface area contributed by atoms with Gasteiger partial charge in [0.15, 0.2) is 0 Å². The molecule has 0 aliphatic carbocycles. The summed E-state index contributed by atoms with van der Waals surface area (Å²) in [5.74, 6) is 0.750. The van der Waals surface area contributed by atoms with Gasteiger partial charge < -0.3 is 10.6 Å². The first-order chi connectivity index (χ1) is 7.42. The zero-order valence-electron chi connectivity index (χ0n) is 11.5. The van der Waals surface area contributed by atoms with Crippen molar-refractivity contribution in [3.05, 3.63) is 0 Å². The Kier molecular flexibility index (Phi) is 7.10. The van der Waals surface area contributed by atoms with Crippen LogP contribution in [0.25, 0.3) is 0 Å². The van der Waals surface area contributed by atoms with E-state index in [0.717, 1.165) is 19.5 Å². The monoisotopic (exact) mass is 262 g/mol. The second kappa shape index (κ2) is 7.22. The number of amides is 1. The number of hydrogen-bond donors (Lipinski definition) is 2. The van der Waals surface area contributed by atoms with E-state index in [0.29, 0.717) is 12.0 Å². The molecule has 0 saturated carbocycles. The van der Waals surface area contributed by atoms with E-state index in [1.54, 1.807) is 0 Å². The highest BCUT2D eigenvalue weighted by Gasteiger charge is 2.28. The first-order valence-corrected chi connectivity index (χ1v) is 6.43. The molecule has 1 atom stereocenters. The Labute approximate surface area is 112 Å². The summed E-state index contributed by atoms with van der Waals surface area (Å²) in [4.78, 5) is 12.0. The molecule has 0 radical (unpaired) electrons. The summed E-state index contributed by atoms with van der Waals surface area (Å²) in [6, 6.07) is 0.485. The molecule has 0 aromatic carbocycles. The fourth-order valence-electron chi connectivity index (χ4n) is 2.50. The van der Waals surface area contributed by atoms with Crippen LogP contribution in [0.2, 0.25) is 0 Å². The van der Waals surface area contributed by atoms with Gasteiger partial charge in [0.2, 0.25) is 5.91 Å². The minimum atomic E-state index is -0.243. The van der Waals surface area contributed by atoms with Crippen molar-refractivity contribution in [2.45, 2.75) is 53.0 Å². The van der Waals surface area contributed by atoms with Gasteiger partial charge in [-0.3, -0.25) is 4.79 Å². The Hall–Kier alpha value is -0.280. The molecule has 4 heteroatoms. The lowest BCUT2D eigenvalue weighted by atomic mass is 9.83. The molecule has 1 amide bonds. The molecular weight excluding hydrogens is 236 g/mol. The number of nitrogens with one attached hydrogen (secondary N) is 2. The summed E-state index contributed by atoms with van der Waals surface area (Å²) in [6.07, 6.45) is 3.36. The van der Waals surface area contributed by atoms with Gasteiger partial charge in [-0.05, 0) is 31.7 Å². The average molecular weight is 263 g/mol. The van der Waals surface area contributed by atoms with Crippen LogP contribution in [-0.2, 0) is 4.79 Å². The highest BCUT2D eigenvalue weighted by Crippen LogP contribution is 2.25. The van der Waals surface area contributed by atoms with Crippen LogP contribution in [0.4, 0.5) is 0 Å². The minimum absolute atomic E-state index is 0. The third-order valence-electron chi connectivity index (χ3n) is 3.20. The predicted molar refractivity (Wildman–Crippen MR) is 74.5 cm³/mol. The topological polar surface area (TPSA) is 41.1 Å². The van der Waals surface area contributed by atoms with Crippen molar-refractivity contribution < 1.29 is 4.79 Å². The van der Waals surface area contributed by atoms with Crippen molar-refractivity contribution in [2.24, 2.45) is 11.3 Å². The van der Waals surface area contributed by atoms with Gasteiger partial charge in [0.1, 0.15) is 0 Å². The van der Waals surface area contributed by atoms with Gasteiger partial charge in [-0.15, -0.1) is 12.4 Å². The molecule has 1 rings (SSSR count). The van der Waals surface area contributed by atoms with Crippen molar-refractivity contribution in [3.8, 4) is 0 Å². The number of carbonyl (C=O) groups is 1. The van der Waals surface area contributed by atoms with E-state index < -0.39 is 0 Å². The lowest BCUT2D eigenvalue weighted by molar-refractivity contribution is -0.130. The Morgan fingerprint density at radius 3 is 2.59 bits per heavy atom. The normalized spacial score (nSPS) is 20.2. The molecule has 17 heavy (non-hydrogen) atoms. The molecule has 102 valence electrons. The Morgan fingerprint density at radius 2 is 2.12 bits per heavy atom. The van der Waals surface area contributed by atoms with E-state index in [4.69, 9.17) is 0 Å². The highest BCUT2D eigenvalue weighted by molar-refractivity contribution is 5.85. The second-order valence-corrected chi connectivity index (χ2v) is 5.99.